The lowest BCUT2D eigenvalue weighted by Crippen LogP contribution is -2.42. The summed E-state index contributed by atoms with van der Waals surface area (Å²) in [4.78, 5) is 12.0. The molecule has 0 heterocycles. The van der Waals surface area contributed by atoms with Crippen molar-refractivity contribution in [3.63, 3.8) is 0 Å². The van der Waals surface area contributed by atoms with Gasteiger partial charge in [0.05, 0.1) is 10.6 Å². The maximum atomic E-state index is 12.6. The van der Waals surface area contributed by atoms with Crippen LogP contribution in [0.1, 0.15) is 0 Å². The highest BCUT2D eigenvalue weighted by Crippen LogP contribution is 2.23. The van der Waals surface area contributed by atoms with Gasteiger partial charge in [0.25, 0.3) is 10.0 Å². The second kappa shape index (κ2) is 5.75. The van der Waals surface area contributed by atoms with Gasteiger partial charge in [-0.2, -0.15) is 4.31 Å². The Morgan fingerprint density at radius 2 is 1.45 bits per heavy atom. The minimum atomic E-state index is -3.94. The number of sulfonamides is 1. The summed E-state index contributed by atoms with van der Waals surface area (Å²) < 4.78 is 25.9. The Hall–Kier alpha value is -2.34. The summed E-state index contributed by atoms with van der Waals surface area (Å²) in [5.41, 5.74) is 0.288. The zero-order chi connectivity index (χ0) is 14.6. The van der Waals surface area contributed by atoms with Crippen LogP contribution in [0, 0.1) is 0 Å². The molecule has 0 aromatic heterocycles. The predicted octanol–water partition coefficient (Wildman–Crippen LogP) is 2.22. The molecule has 2 aromatic carbocycles. The molecule has 1 N–H and O–H groups in total. The van der Waals surface area contributed by atoms with E-state index in [4.69, 9.17) is 0 Å². The number of nitrogens with zero attached hydrogens (tertiary/aromatic N) is 1. The van der Waals surface area contributed by atoms with Gasteiger partial charge < -0.3 is 5.32 Å². The second-order valence-electron chi connectivity index (χ2n) is 3.97. The fourth-order valence-corrected chi connectivity index (χ4v) is 3.15. The van der Waals surface area contributed by atoms with Gasteiger partial charge in [0, 0.05) is 7.05 Å². The molecule has 0 spiro atoms. The van der Waals surface area contributed by atoms with Gasteiger partial charge in [0.1, 0.15) is 0 Å². The molecule has 5 nitrogen and oxygen atoms in total. The quantitative estimate of drug-likeness (QED) is 0.942. The first-order chi connectivity index (χ1) is 9.57. The average Bonchev–Trinajstić information content (AvgIpc) is 2.49. The van der Waals surface area contributed by atoms with E-state index >= 15 is 0 Å². The number of nitrogens with one attached hydrogen (secondary N) is 1. The summed E-state index contributed by atoms with van der Waals surface area (Å²) in [6.07, 6.45) is 0. The number of carbonyl (C=O) groups excluding carboxylic acids is 1. The van der Waals surface area contributed by atoms with E-state index in [0.29, 0.717) is 0 Å². The molecule has 2 aromatic rings. The van der Waals surface area contributed by atoms with E-state index < -0.39 is 16.1 Å². The number of hydrogen-bond donors (Lipinski definition) is 1. The lowest BCUT2D eigenvalue weighted by atomic mass is 10.3. The molecule has 0 aliphatic heterocycles. The minimum Gasteiger partial charge on any atom is -0.340 e. The fourth-order valence-electron chi connectivity index (χ4n) is 1.73. The first kappa shape index (κ1) is 14.1. The Balaban J connectivity index is 2.56. The number of urea groups is 1. The van der Waals surface area contributed by atoms with Gasteiger partial charge in [-0.05, 0) is 24.3 Å². The zero-order valence-corrected chi connectivity index (χ0v) is 11.7. The van der Waals surface area contributed by atoms with Crippen LogP contribution < -0.4 is 9.62 Å². The van der Waals surface area contributed by atoms with Crippen LogP contribution in [0.3, 0.4) is 0 Å². The molecule has 0 radical (unpaired) electrons. The maximum absolute atomic E-state index is 12.6. The summed E-state index contributed by atoms with van der Waals surface area (Å²) in [6, 6.07) is 15.4. The standard InChI is InChI=1S/C14H14N2O3S/c1-15-14(17)16(12-8-4-2-5-9-12)20(18,19)13-10-6-3-7-11-13/h2-11H,1H3,(H,15,17). The molecular weight excluding hydrogens is 276 g/mol. The Morgan fingerprint density at radius 1 is 0.950 bits per heavy atom. The summed E-state index contributed by atoms with van der Waals surface area (Å²) >= 11 is 0. The molecule has 2 amide bonds. The largest absolute Gasteiger partial charge is 0.340 e. The Labute approximate surface area is 117 Å². The van der Waals surface area contributed by atoms with Gasteiger partial charge in [-0.3, -0.25) is 0 Å². The first-order valence-electron chi connectivity index (χ1n) is 5.94. The van der Waals surface area contributed by atoms with E-state index in [1.54, 1.807) is 48.5 Å². The molecule has 0 saturated heterocycles. The molecule has 0 atom stereocenters. The van der Waals surface area contributed by atoms with Gasteiger partial charge in [-0.1, -0.05) is 36.4 Å². The monoisotopic (exact) mass is 290 g/mol. The first-order valence-corrected chi connectivity index (χ1v) is 7.38. The van der Waals surface area contributed by atoms with Crippen LogP contribution in [0.5, 0.6) is 0 Å². The van der Waals surface area contributed by atoms with Crippen molar-refractivity contribution >= 4 is 21.7 Å². The van der Waals surface area contributed by atoms with Crippen molar-refractivity contribution in [3.05, 3.63) is 60.7 Å². The topological polar surface area (TPSA) is 66.5 Å². The van der Waals surface area contributed by atoms with Crippen molar-refractivity contribution in [1.29, 1.82) is 0 Å². The van der Waals surface area contributed by atoms with Crippen LogP contribution in [-0.2, 0) is 10.0 Å². The third-order valence-corrected chi connectivity index (χ3v) is 4.40. The SMILES string of the molecule is CNC(=O)N(c1ccccc1)S(=O)(=O)c1ccccc1. The highest BCUT2D eigenvalue weighted by molar-refractivity contribution is 7.93. The van der Waals surface area contributed by atoms with Crippen molar-refractivity contribution in [3.8, 4) is 0 Å². The lowest BCUT2D eigenvalue weighted by molar-refractivity contribution is 0.251. The van der Waals surface area contributed by atoms with E-state index in [1.165, 1.54) is 19.2 Å². The van der Waals surface area contributed by atoms with Crippen molar-refractivity contribution in [2.24, 2.45) is 0 Å². The molecule has 0 aliphatic carbocycles. The third-order valence-electron chi connectivity index (χ3n) is 2.67. The van der Waals surface area contributed by atoms with Gasteiger partial charge in [-0.25, -0.2) is 13.2 Å². The predicted molar refractivity (Wildman–Crippen MR) is 77.0 cm³/mol. The van der Waals surface area contributed by atoms with Crippen molar-refractivity contribution in [2.75, 3.05) is 11.4 Å². The van der Waals surface area contributed by atoms with Crippen LogP contribution in [0.2, 0.25) is 0 Å². The van der Waals surface area contributed by atoms with Crippen LogP contribution in [-0.4, -0.2) is 21.5 Å². The number of hydrogen-bond acceptors (Lipinski definition) is 3. The molecule has 104 valence electrons. The number of rotatable bonds is 3. The number of anilines is 1. The Kier molecular flexibility index (Phi) is 4.05. The summed E-state index contributed by atoms with van der Waals surface area (Å²) in [6.45, 7) is 0. The van der Waals surface area contributed by atoms with Crippen molar-refractivity contribution in [2.45, 2.75) is 4.90 Å². The number of carbonyl (C=O) groups is 1. The molecule has 20 heavy (non-hydrogen) atoms. The van der Waals surface area contributed by atoms with E-state index in [1.807, 2.05) is 0 Å². The maximum Gasteiger partial charge on any atom is 0.335 e. The van der Waals surface area contributed by atoms with Crippen LogP contribution in [0.15, 0.2) is 65.6 Å². The lowest BCUT2D eigenvalue weighted by Gasteiger charge is -2.21. The van der Waals surface area contributed by atoms with Gasteiger partial charge in [0.15, 0.2) is 0 Å². The molecule has 0 bridgehead atoms. The van der Waals surface area contributed by atoms with E-state index in [-0.39, 0.29) is 10.6 Å². The van der Waals surface area contributed by atoms with Crippen LogP contribution in [0.4, 0.5) is 10.5 Å². The molecule has 6 heteroatoms. The van der Waals surface area contributed by atoms with E-state index in [0.717, 1.165) is 4.31 Å². The smallest absolute Gasteiger partial charge is 0.335 e. The normalized spacial score (nSPS) is 10.8. The Morgan fingerprint density at radius 3 is 1.95 bits per heavy atom. The second-order valence-corrected chi connectivity index (χ2v) is 5.76. The highest BCUT2D eigenvalue weighted by atomic mass is 32.2. The average molecular weight is 290 g/mol. The summed E-state index contributed by atoms with van der Waals surface area (Å²) in [5, 5.41) is 2.35. The molecule has 0 fully saturated rings. The highest BCUT2D eigenvalue weighted by Gasteiger charge is 2.30. The minimum absolute atomic E-state index is 0.0625. The van der Waals surface area contributed by atoms with Crippen LogP contribution >= 0.6 is 0 Å². The number of para-hydroxylation sites is 1. The summed E-state index contributed by atoms with van der Waals surface area (Å²) in [5.74, 6) is 0. The molecule has 0 unspecified atom stereocenters. The number of benzene rings is 2. The van der Waals surface area contributed by atoms with E-state index in [2.05, 4.69) is 5.32 Å². The molecule has 2 rings (SSSR count). The fraction of sp³-hybridized carbons (Fsp3) is 0.0714. The van der Waals surface area contributed by atoms with Crippen molar-refractivity contribution < 1.29 is 13.2 Å². The molecular formula is C14H14N2O3S. The van der Waals surface area contributed by atoms with Gasteiger partial charge in [-0.15, -0.1) is 0 Å². The zero-order valence-electron chi connectivity index (χ0n) is 10.9. The third kappa shape index (κ3) is 2.65. The molecule has 0 saturated carbocycles. The van der Waals surface area contributed by atoms with Crippen LogP contribution in [0.25, 0.3) is 0 Å². The number of amides is 2. The van der Waals surface area contributed by atoms with Gasteiger partial charge in [0.2, 0.25) is 0 Å². The van der Waals surface area contributed by atoms with E-state index in [9.17, 15) is 13.2 Å². The van der Waals surface area contributed by atoms with Crippen molar-refractivity contribution in [1.82, 2.24) is 5.32 Å². The van der Waals surface area contributed by atoms with Gasteiger partial charge >= 0.3 is 6.03 Å². The summed E-state index contributed by atoms with van der Waals surface area (Å²) in [7, 11) is -2.56. The Bertz CT molecular complexity index is 685. The molecule has 0 aliphatic rings.